The molecule has 29 heavy (non-hydrogen) atoms. The lowest BCUT2D eigenvalue weighted by Crippen LogP contribution is -2.50. The average Bonchev–Trinajstić information content (AvgIpc) is 2.69. The molecule has 0 radical (unpaired) electrons. The summed E-state index contributed by atoms with van der Waals surface area (Å²) >= 11 is 0. The number of piperidine rings is 1. The van der Waals surface area contributed by atoms with Gasteiger partial charge in [-0.3, -0.25) is 9.79 Å². The van der Waals surface area contributed by atoms with E-state index >= 15 is 0 Å². The third-order valence-electron chi connectivity index (χ3n) is 4.91. The maximum Gasteiger partial charge on any atom is 0.225 e. The molecular formula is C22H37IN4O2. The second kappa shape index (κ2) is 13.7. The summed E-state index contributed by atoms with van der Waals surface area (Å²) in [6.45, 7) is 11.9. The molecule has 1 aromatic rings. The van der Waals surface area contributed by atoms with Crippen LogP contribution in [-0.2, 0) is 4.79 Å². The van der Waals surface area contributed by atoms with E-state index in [-0.39, 0.29) is 35.8 Å². The second-order valence-electron chi connectivity index (χ2n) is 7.63. The van der Waals surface area contributed by atoms with Crippen LogP contribution in [0.15, 0.2) is 29.3 Å². The normalized spacial score (nSPS) is 15.1. The summed E-state index contributed by atoms with van der Waals surface area (Å²) in [5.41, 5.74) is 1.16. The Balaban J connectivity index is 0.00000420. The highest BCUT2D eigenvalue weighted by Gasteiger charge is 2.24. The van der Waals surface area contributed by atoms with Crippen LogP contribution in [0.25, 0.3) is 0 Å². The number of amides is 1. The van der Waals surface area contributed by atoms with Gasteiger partial charge in [0.05, 0.1) is 6.61 Å². The summed E-state index contributed by atoms with van der Waals surface area (Å²) in [5.74, 6) is 2.13. The van der Waals surface area contributed by atoms with Gasteiger partial charge < -0.3 is 20.3 Å². The molecule has 0 saturated carbocycles. The van der Waals surface area contributed by atoms with Gasteiger partial charge in [0.25, 0.3) is 0 Å². The van der Waals surface area contributed by atoms with Crippen LogP contribution < -0.4 is 15.4 Å². The van der Waals surface area contributed by atoms with Gasteiger partial charge in [0.2, 0.25) is 5.91 Å². The minimum atomic E-state index is 0. The molecule has 1 fully saturated rings. The maximum atomic E-state index is 12.1. The lowest BCUT2D eigenvalue weighted by atomic mass is 10.0. The van der Waals surface area contributed by atoms with Crippen molar-refractivity contribution >= 4 is 35.8 Å². The van der Waals surface area contributed by atoms with Crippen molar-refractivity contribution in [2.75, 3.05) is 32.8 Å². The molecule has 0 aromatic heterocycles. The molecule has 6 nitrogen and oxygen atoms in total. The van der Waals surface area contributed by atoms with Crippen molar-refractivity contribution in [3.63, 3.8) is 0 Å². The van der Waals surface area contributed by atoms with Gasteiger partial charge in [-0.05, 0) is 38.3 Å². The maximum absolute atomic E-state index is 12.1. The fourth-order valence-electron chi connectivity index (χ4n) is 3.28. The van der Waals surface area contributed by atoms with Crippen molar-refractivity contribution in [2.24, 2.45) is 10.9 Å². The summed E-state index contributed by atoms with van der Waals surface area (Å²) < 4.78 is 5.83. The van der Waals surface area contributed by atoms with Gasteiger partial charge in [-0.25, -0.2) is 0 Å². The summed E-state index contributed by atoms with van der Waals surface area (Å²) in [6.07, 6.45) is 2.78. The summed E-state index contributed by atoms with van der Waals surface area (Å²) in [5, 5.41) is 6.84. The number of guanidine groups is 1. The fraction of sp³-hybridized carbons (Fsp3) is 0.636. The molecule has 7 heteroatoms. The fourth-order valence-corrected chi connectivity index (χ4v) is 3.28. The molecule has 0 unspecified atom stereocenters. The first-order valence-electron chi connectivity index (χ1n) is 10.5. The SMILES string of the molecule is CCNC(=NCCCOc1ccccc1C)NC1CCN(C(=O)C(C)C)CC1.I. The standard InChI is InChI=1S/C22H36N4O2.HI/c1-5-23-22(24-13-8-16-28-20-10-7-6-9-18(20)4)25-19-11-14-26(15-12-19)21(27)17(2)3;/h6-7,9-10,17,19H,5,8,11-16H2,1-4H3,(H2,23,24,25);1H. The van der Waals surface area contributed by atoms with Gasteiger partial charge >= 0.3 is 0 Å². The van der Waals surface area contributed by atoms with Crippen molar-refractivity contribution in [2.45, 2.75) is 53.0 Å². The number of hydrogen-bond donors (Lipinski definition) is 2. The predicted octanol–water partition coefficient (Wildman–Crippen LogP) is 3.58. The molecule has 1 aliphatic heterocycles. The Morgan fingerprint density at radius 1 is 1.28 bits per heavy atom. The Labute approximate surface area is 192 Å². The molecule has 1 heterocycles. The summed E-state index contributed by atoms with van der Waals surface area (Å²) in [4.78, 5) is 18.8. The van der Waals surface area contributed by atoms with Crippen LogP contribution in [0.5, 0.6) is 5.75 Å². The van der Waals surface area contributed by atoms with E-state index in [0.29, 0.717) is 19.2 Å². The number of halogens is 1. The van der Waals surface area contributed by atoms with Crippen LogP contribution in [0.4, 0.5) is 0 Å². The lowest BCUT2D eigenvalue weighted by molar-refractivity contribution is -0.135. The lowest BCUT2D eigenvalue weighted by Gasteiger charge is -2.34. The predicted molar refractivity (Wildman–Crippen MR) is 130 cm³/mol. The third-order valence-corrected chi connectivity index (χ3v) is 4.91. The topological polar surface area (TPSA) is 66.0 Å². The molecule has 1 amide bonds. The van der Waals surface area contributed by atoms with E-state index in [4.69, 9.17) is 4.74 Å². The number of carbonyl (C=O) groups is 1. The van der Waals surface area contributed by atoms with Gasteiger partial charge in [0.1, 0.15) is 5.75 Å². The first kappa shape index (κ1) is 25.5. The molecular weight excluding hydrogens is 479 g/mol. The zero-order valence-electron chi connectivity index (χ0n) is 18.2. The molecule has 1 aromatic carbocycles. The number of para-hydroxylation sites is 1. The van der Waals surface area contributed by atoms with E-state index in [1.807, 2.05) is 36.9 Å². The van der Waals surface area contributed by atoms with Crippen LogP contribution in [-0.4, -0.2) is 55.6 Å². The first-order valence-corrected chi connectivity index (χ1v) is 10.5. The average molecular weight is 516 g/mol. The Morgan fingerprint density at radius 3 is 2.59 bits per heavy atom. The van der Waals surface area contributed by atoms with E-state index in [1.54, 1.807) is 0 Å². The molecule has 2 N–H and O–H groups in total. The number of ether oxygens (including phenoxy) is 1. The zero-order chi connectivity index (χ0) is 20.4. The van der Waals surface area contributed by atoms with E-state index in [9.17, 15) is 4.79 Å². The number of benzene rings is 1. The highest BCUT2D eigenvalue weighted by atomic mass is 127. The number of rotatable bonds is 8. The van der Waals surface area contributed by atoms with Gasteiger partial charge in [-0.15, -0.1) is 24.0 Å². The quantitative estimate of drug-likeness (QED) is 0.240. The Hall–Kier alpha value is -1.51. The van der Waals surface area contributed by atoms with Crippen molar-refractivity contribution in [3.05, 3.63) is 29.8 Å². The summed E-state index contributed by atoms with van der Waals surface area (Å²) in [7, 11) is 0. The van der Waals surface area contributed by atoms with Crippen molar-refractivity contribution in [1.82, 2.24) is 15.5 Å². The van der Waals surface area contributed by atoms with Crippen LogP contribution in [0.3, 0.4) is 0 Å². The number of aryl methyl sites for hydroxylation is 1. The van der Waals surface area contributed by atoms with Gasteiger partial charge in [0, 0.05) is 44.6 Å². The molecule has 0 atom stereocenters. The highest BCUT2D eigenvalue weighted by molar-refractivity contribution is 14.0. The summed E-state index contributed by atoms with van der Waals surface area (Å²) in [6, 6.07) is 8.43. The number of nitrogens with one attached hydrogen (secondary N) is 2. The molecule has 0 spiro atoms. The van der Waals surface area contributed by atoms with Crippen molar-refractivity contribution in [1.29, 1.82) is 0 Å². The molecule has 1 saturated heterocycles. The minimum Gasteiger partial charge on any atom is -0.493 e. The van der Waals surface area contributed by atoms with Crippen LogP contribution in [0.1, 0.15) is 45.6 Å². The van der Waals surface area contributed by atoms with E-state index in [1.165, 1.54) is 0 Å². The molecule has 0 bridgehead atoms. The highest BCUT2D eigenvalue weighted by Crippen LogP contribution is 2.16. The Kier molecular flexibility index (Phi) is 12.0. The number of hydrogen-bond acceptors (Lipinski definition) is 3. The largest absolute Gasteiger partial charge is 0.493 e. The molecule has 0 aliphatic carbocycles. The molecule has 1 aliphatic rings. The van der Waals surface area contributed by atoms with Crippen LogP contribution in [0.2, 0.25) is 0 Å². The van der Waals surface area contributed by atoms with Gasteiger partial charge in [0.15, 0.2) is 5.96 Å². The number of aliphatic imine (C=N–C) groups is 1. The van der Waals surface area contributed by atoms with Gasteiger partial charge in [-0.1, -0.05) is 32.0 Å². The monoisotopic (exact) mass is 516 g/mol. The third kappa shape index (κ3) is 8.80. The van der Waals surface area contributed by atoms with E-state index in [2.05, 4.69) is 35.5 Å². The van der Waals surface area contributed by atoms with Crippen molar-refractivity contribution in [3.8, 4) is 5.75 Å². The number of likely N-dealkylation sites (tertiary alicyclic amines) is 1. The number of nitrogens with zero attached hydrogens (tertiary/aromatic N) is 2. The second-order valence-corrected chi connectivity index (χ2v) is 7.63. The molecule has 164 valence electrons. The van der Waals surface area contributed by atoms with Crippen LogP contribution >= 0.6 is 24.0 Å². The van der Waals surface area contributed by atoms with Crippen molar-refractivity contribution < 1.29 is 9.53 Å². The zero-order valence-corrected chi connectivity index (χ0v) is 20.6. The Morgan fingerprint density at radius 2 is 1.97 bits per heavy atom. The van der Waals surface area contributed by atoms with Crippen LogP contribution in [0, 0.1) is 12.8 Å². The minimum absolute atomic E-state index is 0. The first-order chi connectivity index (χ1) is 13.5. The van der Waals surface area contributed by atoms with E-state index in [0.717, 1.165) is 56.2 Å². The smallest absolute Gasteiger partial charge is 0.225 e. The Bertz CT molecular complexity index is 643. The van der Waals surface area contributed by atoms with E-state index < -0.39 is 0 Å². The molecule has 2 rings (SSSR count). The van der Waals surface area contributed by atoms with Gasteiger partial charge in [-0.2, -0.15) is 0 Å². The number of carbonyl (C=O) groups excluding carboxylic acids is 1.